The van der Waals surface area contributed by atoms with E-state index in [1.165, 1.54) is 12.1 Å². The van der Waals surface area contributed by atoms with E-state index in [2.05, 4.69) is 4.90 Å². The molecule has 120 valence electrons. The molecular weight excluding hydrogens is 307 g/mol. The van der Waals surface area contributed by atoms with E-state index in [-0.39, 0.29) is 29.1 Å². The highest BCUT2D eigenvalue weighted by atomic mass is 32.2. The smallest absolute Gasteiger partial charge is 0.226 e. The lowest BCUT2D eigenvalue weighted by molar-refractivity contribution is -0.135. The number of carbonyl (C=O) groups excluding carboxylic acids is 1. The largest absolute Gasteiger partial charge is 0.368 e. The molecule has 1 atom stereocenters. The van der Waals surface area contributed by atoms with Crippen LogP contribution in [0, 0.1) is 11.7 Å². The third-order valence-corrected chi connectivity index (χ3v) is 6.13. The fourth-order valence-corrected chi connectivity index (χ4v) is 4.82. The summed E-state index contributed by atoms with van der Waals surface area (Å²) in [5.41, 5.74) is 0.942. The van der Waals surface area contributed by atoms with E-state index in [1.54, 1.807) is 17.0 Å². The van der Waals surface area contributed by atoms with Crippen LogP contribution in [0.2, 0.25) is 0 Å². The number of hydrogen-bond acceptors (Lipinski definition) is 4. The second-order valence-electron chi connectivity index (χ2n) is 5.89. The number of halogens is 1. The molecule has 0 bridgehead atoms. The van der Waals surface area contributed by atoms with Crippen molar-refractivity contribution < 1.29 is 17.6 Å². The Hall–Kier alpha value is -1.63. The molecule has 1 aromatic rings. The Labute approximate surface area is 129 Å². The molecule has 1 aromatic carbocycles. The van der Waals surface area contributed by atoms with Gasteiger partial charge in [0.15, 0.2) is 9.84 Å². The number of hydrogen-bond donors (Lipinski definition) is 0. The lowest BCUT2D eigenvalue weighted by atomic mass is 10.1. The maximum atomic E-state index is 12.9. The van der Waals surface area contributed by atoms with Gasteiger partial charge in [-0.05, 0) is 30.7 Å². The summed E-state index contributed by atoms with van der Waals surface area (Å²) >= 11 is 0. The Morgan fingerprint density at radius 1 is 1.09 bits per heavy atom. The molecule has 2 heterocycles. The molecule has 2 aliphatic rings. The van der Waals surface area contributed by atoms with Crippen molar-refractivity contribution in [3.8, 4) is 0 Å². The summed E-state index contributed by atoms with van der Waals surface area (Å²) < 4.78 is 35.9. The van der Waals surface area contributed by atoms with Gasteiger partial charge in [0.1, 0.15) is 5.82 Å². The zero-order valence-electron chi connectivity index (χ0n) is 12.2. The van der Waals surface area contributed by atoms with Gasteiger partial charge in [0.25, 0.3) is 0 Å². The molecule has 2 aliphatic heterocycles. The van der Waals surface area contributed by atoms with Crippen LogP contribution in [0.3, 0.4) is 0 Å². The molecule has 0 aromatic heterocycles. The first kappa shape index (κ1) is 15.3. The van der Waals surface area contributed by atoms with Crippen molar-refractivity contribution in [2.45, 2.75) is 6.42 Å². The summed E-state index contributed by atoms with van der Waals surface area (Å²) in [6.45, 7) is 2.51. The fourth-order valence-electron chi connectivity index (χ4n) is 3.08. The molecule has 2 saturated heterocycles. The minimum atomic E-state index is -3.03. The zero-order chi connectivity index (χ0) is 15.7. The molecule has 2 fully saturated rings. The average molecular weight is 326 g/mol. The summed E-state index contributed by atoms with van der Waals surface area (Å²) in [5.74, 6) is -0.564. The van der Waals surface area contributed by atoms with Crippen LogP contribution in [0.4, 0.5) is 10.1 Å². The Kier molecular flexibility index (Phi) is 4.08. The molecule has 0 aliphatic carbocycles. The van der Waals surface area contributed by atoms with E-state index in [9.17, 15) is 17.6 Å². The summed E-state index contributed by atoms with van der Waals surface area (Å²) in [5, 5.41) is 0. The lowest BCUT2D eigenvalue weighted by Gasteiger charge is -2.37. The molecule has 0 radical (unpaired) electrons. The highest BCUT2D eigenvalue weighted by Gasteiger charge is 2.36. The maximum absolute atomic E-state index is 12.9. The second-order valence-corrected chi connectivity index (χ2v) is 8.12. The fraction of sp³-hybridized carbons (Fsp3) is 0.533. The van der Waals surface area contributed by atoms with E-state index < -0.39 is 9.84 Å². The molecule has 3 rings (SSSR count). The minimum Gasteiger partial charge on any atom is -0.368 e. The van der Waals surface area contributed by atoms with Crippen LogP contribution in [0.1, 0.15) is 6.42 Å². The van der Waals surface area contributed by atoms with Crippen molar-refractivity contribution >= 4 is 21.4 Å². The van der Waals surface area contributed by atoms with E-state index in [0.29, 0.717) is 32.6 Å². The van der Waals surface area contributed by atoms with Gasteiger partial charge in [-0.1, -0.05) is 0 Å². The van der Waals surface area contributed by atoms with E-state index in [0.717, 1.165) is 5.69 Å². The van der Waals surface area contributed by atoms with Crippen LogP contribution in [0.5, 0.6) is 0 Å². The number of benzene rings is 1. The number of amides is 1. The van der Waals surface area contributed by atoms with Gasteiger partial charge in [0.05, 0.1) is 17.4 Å². The van der Waals surface area contributed by atoms with Gasteiger partial charge in [-0.3, -0.25) is 4.79 Å². The van der Waals surface area contributed by atoms with Gasteiger partial charge < -0.3 is 9.80 Å². The Morgan fingerprint density at radius 3 is 2.27 bits per heavy atom. The predicted octanol–water partition coefficient (Wildman–Crippen LogP) is 0.909. The molecule has 7 heteroatoms. The topological polar surface area (TPSA) is 57.7 Å². The zero-order valence-corrected chi connectivity index (χ0v) is 13.1. The van der Waals surface area contributed by atoms with E-state index in [1.807, 2.05) is 0 Å². The first-order chi connectivity index (χ1) is 10.4. The molecule has 0 N–H and O–H groups in total. The van der Waals surface area contributed by atoms with Gasteiger partial charge >= 0.3 is 0 Å². The quantitative estimate of drug-likeness (QED) is 0.811. The first-order valence-electron chi connectivity index (χ1n) is 7.44. The molecular formula is C15H19FN2O3S. The first-order valence-corrected chi connectivity index (χ1v) is 9.26. The van der Waals surface area contributed by atoms with Crippen molar-refractivity contribution in [1.82, 2.24) is 4.90 Å². The van der Waals surface area contributed by atoms with Gasteiger partial charge in [-0.15, -0.1) is 0 Å². The number of nitrogens with zero attached hydrogens (tertiary/aromatic N) is 2. The minimum absolute atomic E-state index is 0.00991. The van der Waals surface area contributed by atoms with Crippen LogP contribution < -0.4 is 4.90 Å². The number of rotatable bonds is 2. The van der Waals surface area contributed by atoms with Gasteiger partial charge in [0, 0.05) is 31.9 Å². The molecule has 1 amide bonds. The standard InChI is InChI=1S/C15H19FN2O3S/c16-13-1-3-14(4-2-13)17-6-8-18(9-7-17)15(19)12-5-10-22(20,21)11-12/h1-4,12H,5-11H2/t12-/m1/s1. The molecule has 0 saturated carbocycles. The van der Waals surface area contributed by atoms with Crippen molar-refractivity contribution in [2.24, 2.45) is 5.92 Å². The second kappa shape index (κ2) is 5.87. The van der Waals surface area contributed by atoms with Crippen LogP contribution in [-0.2, 0) is 14.6 Å². The highest BCUT2D eigenvalue weighted by molar-refractivity contribution is 7.91. The summed E-state index contributed by atoms with van der Waals surface area (Å²) in [7, 11) is -3.03. The van der Waals surface area contributed by atoms with Gasteiger partial charge in [0.2, 0.25) is 5.91 Å². The van der Waals surface area contributed by atoms with Crippen molar-refractivity contribution in [2.75, 3.05) is 42.6 Å². The molecule has 0 unspecified atom stereocenters. The Balaban J connectivity index is 1.57. The van der Waals surface area contributed by atoms with E-state index in [4.69, 9.17) is 0 Å². The summed E-state index contributed by atoms with van der Waals surface area (Å²) in [4.78, 5) is 16.2. The van der Waals surface area contributed by atoms with Crippen LogP contribution in [-0.4, -0.2) is 56.9 Å². The number of carbonyl (C=O) groups is 1. The summed E-state index contributed by atoms with van der Waals surface area (Å²) in [6.07, 6.45) is 0.444. The van der Waals surface area contributed by atoms with Crippen LogP contribution in [0.15, 0.2) is 24.3 Å². The average Bonchev–Trinajstić information content (AvgIpc) is 2.88. The van der Waals surface area contributed by atoms with Crippen molar-refractivity contribution in [1.29, 1.82) is 0 Å². The number of sulfone groups is 1. The third-order valence-electron chi connectivity index (χ3n) is 4.36. The predicted molar refractivity (Wildman–Crippen MR) is 82.0 cm³/mol. The monoisotopic (exact) mass is 326 g/mol. The SMILES string of the molecule is O=C([C@@H]1CCS(=O)(=O)C1)N1CCN(c2ccc(F)cc2)CC1. The van der Waals surface area contributed by atoms with Crippen molar-refractivity contribution in [3.05, 3.63) is 30.1 Å². The van der Waals surface area contributed by atoms with Crippen LogP contribution in [0.25, 0.3) is 0 Å². The summed E-state index contributed by atoms with van der Waals surface area (Å²) in [6, 6.07) is 6.32. The number of anilines is 1. The van der Waals surface area contributed by atoms with E-state index >= 15 is 0 Å². The lowest BCUT2D eigenvalue weighted by Crippen LogP contribution is -2.50. The van der Waals surface area contributed by atoms with Gasteiger partial charge in [-0.25, -0.2) is 12.8 Å². The molecule has 0 spiro atoms. The van der Waals surface area contributed by atoms with Crippen molar-refractivity contribution in [3.63, 3.8) is 0 Å². The molecule has 5 nitrogen and oxygen atoms in total. The number of piperazine rings is 1. The maximum Gasteiger partial charge on any atom is 0.226 e. The normalized spacial score (nSPS) is 24.5. The Bertz CT molecular complexity index is 652. The van der Waals surface area contributed by atoms with Gasteiger partial charge in [-0.2, -0.15) is 0 Å². The van der Waals surface area contributed by atoms with Crippen LogP contribution >= 0.6 is 0 Å². The Morgan fingerprint density at radius 2 is 1.73 bits per heavy atom. The highest BCUT2D eigenvalue weighted by Crippen LogP contribution is 2.22. The molecule has 22 heavy (non-hydrogen) atoms. The third kappa shape index (κ3) is 3.24.